The quantitative estimate of drug-likeness (QED) is 0.636. The minimum atomic E-state index is -0.679. The van der Waals surface area contributed by atoms with Gasteiger partial charge in [-0.25, -0.2) is 4.79 Å². The first kappa shape index (κ1) is 19.2. The molecule has 1 aliphatic carbocycles. The number of ether oxygens (including phenoxy) is 2. The van der Waals surface area contributed by atoms with Crippen LogP contribution in [-0.4, -0.2) is 67.7 Å². The Morgan fingerprint density at radius 2 is 1.95 bits per heavy atom. The van der Waals surface area contributed by atoms with Gasteiger partial charge >= 0.3 is 6.03 Å². The summed E-state index contributed by atoms with van der Waals surface area (Å²) in [6, 6.07) is 0.166. The Morgan fingerprint density at radius 1 is 1.27 bits per heavy atom. The van der Waals surface area contributed by atoms with Crippen molar-refractivity contribution in [1.29, 1.82) is 0 Å². The smallest absolute Gasteiger partial charge is 0.317 e. The molecule has 0 radical (unpaired) electrons. The first-order valence-corrected chi connectivity index (χ1v) is 8.38. The standard InChI is InChI=1S/C16H32N2O4/c1-13(2)22-10-9-21-12-15(19)11-18(3)16(20)17-14-7-5-4-6-8-14/h13-15,19H,4-12H2,1-3H3,(H,17,20). The topological polar surface area (TPSA) is 71.0 Å². The minimum Gasteiger partial charge on any atom is -0.389 e. The van der Waals surface area contributed by atoms with Gasteiger partial charge in [-0.1, -0.05) is 19.3 Å². The molecule has 130 valence electrons. The summed E-state index contributed by atoms with van der Waals surface area (Å²) in [4.78, 5) is 13.6. The predicted octanol–water partition coefficient (Wildman–Crippen LogP) is 1.76. The van der Waals surface area contributed by atoms with Gasteiger partial charge in [0.15, 0.2) is 0 Å². The molecule has 22 heavy (non-hydrogen) atoms. The van der Waals surface area contributed by atoms with Gasteiger partial charge in [-0.2, -0.15) is 0 Å². The lowest BCUT2D eigenvalue weighted by atomic mass is 9.96. The second-order valence-electron chi connectivity index (χ2n) is 6.31. The summed E-state index contributed by atoms with van der Waals surface area (Å²) in [5.74, 6) is 0. The van der Waals surface area contributed by atoms with Crippen molar-refractivity contribution >= 4 is 6.03 Å². The Hall–Kier alpha value is -0.850. The Morgan fingerprint density at radius 3 is 2.59 bits per heavy atom. The highest BCUT2D eigenvalue weighted by atomic mass is 16.5. The zero-order chi connectivity index (χ0) is 16.4. The van der Waals surface area contributed by atoms with E-state index in [-0.39, 0.29) is 31.3 Å². The van der Waals surface area contributed by atoms with Crippen molar-refractivity contribution in [2.24, 2.45) is 0 Å². The van der Waals surface area contributed by atoms with Crippen molar-refractivity contribution in [3.8, 4) is 0 Å². The molecular formula is C16H32N2O4. The van der Waals surface area contributed by atoms with Crippen molar-refractivity contribution in [1.82, 2.24) is 10.2 Å². The summed E-state index contributed by atoms with van der Waals surface area (Å²) in [7, 11) is 1.70. The predicted molar refractivity (Wildman–Crippen MR) is 85.9 cm³/mol. The number of urea groups is 1. The molecule has 6 nitrogen and oxygen atoms in total. The van der Waals surface area contributed by atoms with Crippen LogP contribution in [0.1, 0.15) is 46.0 Å². The fourth-order valence-electron chi connectivity index (χ4n) is 2.55. The molecule has 0 aliphatic heterocycles. The summed E-state index contributed by atoms with van der Waals surface area (Å²) >= 11 is 0. The molecule has 1 atom stereocenters. The maximum absolute atomic E-state index is 12.0. The third kappa shape index (κ3) is 8.56. The van der Waals surface area contributed by atoms with Crippen LogP contribution in [0.3, 0.4) is 0 Å². The van der Waals surface area contributed by atoms with Gasteiger partial charge in [0.05, 0.1) is 38.6 Å². The Kier molecular flexibility index (Phi) is 9.43. The second kappa shape index (κ2) is 10.8. The highest BCUT2D eigenvalue weighted by Gasteiger charge is 2.19. The van der Waals surface area contributed by atoms with E-state index in [0.29, 0.717) is 13.2 Å². The maximum Gasteiger partial charge on any atom is 0.317 e. The number of carbonyl (C=O) groups is 1. The lowest BCUT2D eigenvalue weighted by molar-refractivity contribution is -0.0148. The molecule has 0 spiro atoms. The van der Waals surface area contributed by atoms with E-state index in [1.165, 1.54) is 24.2 Å². The van der Waals surface area contributed by atoms with Crippen LogP contribution in [0.5, 0.6) is 0 Å². The average molecular weight is 316 g/mol. The molecule has 1 aliphatic rings. The monoisotopic (exact) mass is 316 g/mol. The van der Waals surface area contributed by atoms with Gasteiger partial charge in [0.2, 0.25) is 0 Å². The van der Waals surface area contributed by atoms with Crippen LogP contribution < -0.4 is 5.32 Å². The molecule has 2 amide bonds. The first-order valence-electron chi connectivity index (χ1n) is 8.38. The summed E-state index contributed by atoms with van der Waals surface area (Å²) in [6.07, 6.45) is 5.25. The molecule has 0 saturated heterocycles. The van der Waals surface area contributed by atoms with E-state index in [4.69, 9.17) is 9.47 Å². The fourth-order valence-corrected chi connectivity index (χ4v) is 2.55. The molecule has 0 aromatic heterocycles. The summed E-state index contributed by atoms with van der Waals surface area (Å²) in [6.45, 7) is 5.38. The van der Waals surface area contributed by atoms with Gasteiger partial charge in [0, 0.05) is 13.1 Å². The SMILES string of the molecule is CC(C)OCCOCC(O)CN(C)C(=O)NC1CCCCC1. The molecular weight excluding hydrogens is 284 g/mol. The molecule has 1 unspecified atom stereocenters. The number of hydrogen-bond donors (Lipinski definition) is 2. The number of aliphatic hydroxyl groups excluding tert-OH is 1. The van der Waals surface area contributed by atoms with Gasteiger partial charge in [0.1, 0.15) is 0 Å². The summed E-state index contributed by atoms with van der Waals surface area (Å²) in [5.41, 5.74) is 0. The van der Waals surface area contributed by atoms with Gasteiger partial charge in [-0.15, -0.1) is 0 Å². The molecule has 6 heteroatoms. The zero-order valence-corrected chi connectivity index (χ0v) is 14.2. The van der Waals surface area contributed by atoms with E-state index < -0.39 is 6.10 Å². The van der Waals surface area contributed by atoms with Crippen LogP contribution >= 0.6 is 0 Å². The number of aliphatic hydroxyl groups is 1. The fraction of sp³-hybridized carbons (Fsp3) is 0.938. The molecule has 1 fully saturated rings. The van der Waals surface area contributed by atoms with Crippen molar-refractivity contribution in [2.45, 2.75) is 64.2 Å². The number of likely N-dealkylation sites (N-methyl/N-ethyl adjacent to an activating group) is 1. The highest BCUT2D eigenvalue weighted by Crippen LogP contribution is 2.17. The first-order chi connectivity index (χ1) is 10.5. The second-order valence-corrected chi connectivity index (χ2v) is 6.31. The van der Waals surface area contributed by atoms with Gasteiger partial charge < -0.3 is 24.8 Å². The maximum atomic E-state index is 12.0. The number of amides is 2. The molecule has 0 bridgehead atoms. The normalized spacial score (nSPS) is 17.5. The lowest BCUT2D eigenvalue weighted by Crippen LogP contribution is -2.46. The zero-order valence-electron chi connectivity index (χ0n) is 14.2. The lowest BCUT2D eigenvalue weighted by Gasteiger charge is -2.27. The Labute approximate surface area is 134 Å². The van der Waals surface area contributed by atoms with Gasteiger partial charge in [-0.05, 0) is 26.7 Å². The number of nitrogens with zero attached hydrogens (tertiary/aromatic N) is 1. The summed E-state index contributed by atoms with van der Waals surface area (Å²) < 4.78 is 10.7. The number of rotatable bonds is 9. The van der Waals surface area contributed by atoms with E-state index in [2.05, 4.69) is 5.32 Å². The third-order valence-electron chi connectivity index (χ3n) is 3.75. The molecule has 0 aromatic rings. The van der Waals surface area contributed by atoms with Crippen LogP contribution in [0.15, 0.2) is 0 Å². The van der Waals surface area contributed by atoms with E-state index in [1.54, 1.807) is 7.05 Å². The van der Waals surface area contributed by atoms with Crippen molar-refractivity contribution in [3.05, 3.63) is 0 Å². The van der Waals surface area contributed by atoms with Gasteiger partial charge in [-0.3, -0.25) is 0 Å². The van der Waals surface area contributed by atoms with Crippen LogP contribution in [0, 0.1) is 0 Å². The molecule has 0 aromatic carbocycles. The van der Waals surface area contributed by atoms with E-state index in [1.807, 2.05) is 13.8 Å². The molecule has 1 saturated carbocycles. The average Bonchev–Trinajstić information content (AvgIpc) is 2.47. The van der Waals surface area contributed by atoms with E-state index >= 15 is 0 Å². The van der Waals surface area contributed by atoms with Crippen LogP contribution in [-0.2, 0) is 9.47 Å². The highest BCUT2D eigenvalue weighted by molar-refractivity contribution is 5.74. The molecule has 2 N–H and O–H groups in total. The minimum absolute atomic E-state index is 0.117. The van der Waals surface area contributed by atoms with Crippen LogP contribution in [0.25, 0.3) is 0 Å². The van der Waals surface area contributed by atoms with Crippen molar-refractivity contribution in [2.75, 3.05) is 33.4 Å². The molecule has 0 heterocycles. The van der Waals surface area contributed by atoms with Crippen molar-refractivity contribution in [3.63, 3.8) is 0 Å². The Balaban J connectivity index is 2.11. The number of carbonyl (C=O) groups excluding carboxylic acids is 1. The summed E-state index contributed by atoms with van der Waals surface area (Å²) in [5, 5.41) is 12.9. The van der Waals surface area contributed by atoms with E-state index in [0.717, 1.165) is 12.8 Å². The van der Waals surface area contributed by atoms with Gasteiger partial charge in [0.25, 0.3) is 0 Å². The number of nitrogens with one attached hydrogen (secondary N) is 1. The molecule has 1 rings (SSSR count). The van der Waals surface area contributed by atoms with Crippen LogP contribution in [0.4, 0.5) is 4.79 Å². The third-order valence-corrected chi connectivity index (χ3v) is 3.75. The van der Waals surface area contributed by atoms with E-state index in [9.17, 15) is 9.90 Å². The number of hydrogen-bond acceptors (Lipinski definition) is 4. The largest absolute Gasteiger partial charge is 0.389 e. The Bertz CT molecular complexity index is 307. The van der Waals surface area contributed by atoms with Crippen LogP contribution in [0.2, 0.25) is 0 Å². The van der Waals surface area contributed by atoms with Crippen molar-refractivity contribution < 1.29 is 19.4 Å².